The molecule has 0 spiro atoms. The van der Waals surface area contributed by atoms with E-state index < -0.39 is 0 Å². The summed E-state index contributed by atoms with van der Waals surface area (Å²) in [4.78, 5) is 12.0. The van der Waals surface area contributed by atoms with E-state index in [1.807, 2.05) is 0 Å². The monoisotopic (exact) mass is 268 g/mol. The smallest absolute Gasteiger partial charge is 0.252 e. The number of carbonyl (C=O) groups is 1. The predicted octanol–water partition coefficient (Wildman–Crippen LogP) is 2.08. The largest absolute Gasteiger partial charge is 0.399 e. The van der Waals surface area contributed by atoms with Crippen LogP contribution in [0.2, 0.25) is 5.02 Å². The molecule has 1 aromatic rings. The van der Waals surface area contributed by atoms with E-state index in [2.05, 4.69) is 5.32 Å². The first-order chi connectivity index (χ1) is 8.66. The van der Waals surface area contributed by atoms with Crippen molar-refractivity contribution in [3.05, 3.63) is 28.8 Å². The van der Waals surface area contributed by atoms with Crippen molar-refractivity contribution in [2.45, 2.75) is 12.8 Å². The summed E-state index contributed by atoms with van der Waals surface area (Å²) in [5.41, 5.74) is 6.62. The number of hydrogen-bond acceptors (Lipinski definition) is 3. The Morgan fingerprint density at radius 3 is 2.83 bits per heavy atom. The van der Waals surface area contributed by atoms with Crippen LogP contribution in [0.4, 0.5) is 5.69 Å². The molecule has 1 heterocycles. The van der Waals surface area contributed by atoms with Crippen LogP contribution >= 0.6 is 11.6 Å². The minimum absolute atomic E-state index is 0.147. The molecule has 1 aliphatic heterocycles. The summed E-state index contributed by atoms with van der Waals surface area (Å²) < 4.78 is 5.28. The molecular weight excluding hydrogens is 252 g/mol. The van der Waals surface area contributed by atoms with Gasteiger partial charge in [-0.1, -0.05) is 11.6 Å². The number of nitrogens with two attached hydrogens (primary N) is 1. The average molecular weight is 269 g/mol. The fourth-order valence-electron chi connectivity index (χ4n) is 2.00. The van der Waals surface area contributed by atoms with Crippen LogP contribution < -0.4 is 11.1 Å². The molecule has 0 radical (unpaired) electrons. The van der Waals surface area contributed by atoms with Crippen LogP contribution in [0.15, 0.2) is 18.2 Å². The SMILES string of the molecule is Nc1ccc(C(=O)NCC2CCOCC2)c(Cl)c1. The lowest BCUT2D eigenvalue weighted by Gasteiger charge is -2.22. The van der Waals surface area contributed by atoms with Crippen molar-refractivity contribution in [1.82, 2.24) is 5.32 Å². The molecule has 0 unspecified atom stereocenters. The highest BCUT2D eigenvalue weighted by atomic mass is 35.5. The van der Waals surface area contributed by atoms with Crippen LogP contribution in [0, 0.1) is 5.92 Å². The molecular formula is C13H17ClN2O2. The van der Waals surface area contributed by atoms with Crippen molar-refractivity contribution in [2.24, 2.45) is 5.92 Å². The van der Waals surface area contributed by atoms with E-state index in [1.165, 1.54) is 0 Å². The van der Waals surface area contributed by atoms with Crippen LogP contribution in [0.5, 0.6) is 0 Å². The zero-order chi connectivity index (χ0) is 13.0. The zero-order valence-corrected chi connectivity index (χ0v) is 10.9. The van der Waals surface area contributed by atoms with Gasteiger partial charge in [0.15, 0.2) is 0 Å². The van der Waals surface area contributed by atoms with Gasteiger partial charge in [-0.15, -0.1) is 0 Å². The van der Waals surface area contributed by atoms with Gasteiger partial charge in [-0.05, 0) is 37.0 Å². The lowest BCUT2D eigenvalue weighted by Crippen LogP contribution is -2.32. The maximum Gasteiger partial charge on any atom is 0.252 e. The van der Waals surface area contributed by atoms with Crippen molar-refractivity contribution in [2.75, 3.05) is 25.5 Å². The van der Waals surface area contributed by atoms with E-state index in [0.29, 0.717) is 28.7 Å². The number of rotatable bonds is 3. The van der Waals surface area contributed by atoms with E-state index in [-0.39, 0.29) is 5.91 Å². The number of benzene rings is 1. The highest BCUT2D eigenvalue weighted by Crippen LogP contribution is 2.19. The molecule has 5 heteroatoms. The van der Waals surface area contributed by atoms with Gasteiger partial charge in [0, 0.05) is 25.4 Å². The van der Waals surface area contributed by atoms with E-state index in [0.717, 1.165) is 26.1 Å². The van der Waals surface area contributed by atoms with Crippen LogP contribution in [0.3, 0.4) is 0 Å². The third kappa shape index (κ3) is 3.37. The average Bonchev–Trinajstić information content (AvgIpc) is 2.37. The second-order valence-electron chi connectivity index (χ2n) is 4.51. The summed E-state index contributed by atoms with van der Waals surface area (Å²) >= 11 is 5.99. The number of anilines is 1. The van der Waals surface area contributed by atoms with E-state index in [1.54, 1.807) is 18.2 Å². The maximum atomic E-state index is 12.0. The first-order valence-corrected chi connectivity index (χ1v) is 6.45. The number of hydrogen-bond donors (Lipinski definition) is 2. The van der Waals surface area contributed by atoms with Gasteiger partial charge in [0.1, 0.15) is 0 Å². The van der Waals surface area contributed by atoms with Crippen molar-refractivity contribution in [1.29, 1.82) is 0 Å². The predicted molar refractivity (Wildman–Crippen MR) is 71.7 cm³/mol. The molecule has 18 heavy (non-hydrogen) atoms. The van der Waals surface area contributed by atoms with Gasteiger partial charge in [0.2, 0.25) is 0 Å². The standard InChI is InChI=1S/C13H17ClN2O2/c14-12-7-10(15)1-2-11(12)13(17)16-8-9-3-5-18-6-4-9/h1-2,7,9H,3-6,8,15H2,(H,16,17). The Balaban J connectivity index is 1.90. The fraction of sp³-hybridized carbons (Fsp3) is 0.462. The minimum atomic E-state index is -0.147. The molecule has 0 atom stereocenters. The molecule has 0 aliphatic carbocycles. The van der Waals surface area contributed by atoms with Crippen molar-refractivity contribution in [3.8, 4) is 0 Å². The summed E-state index contributed by atoms with van der Waals surface area (Å²) in [7, 11) is 0. The van der Waals surface area contributed by atoms with Gasteiger partial charge in [-0.2, -0.15) is 0 Å². The molecule has 3 N–H and O–H groups in total. The molecule has 1 aliphatic rings. The number of halogens is 1. The number of nitrogens with one attached hydrogen (secondary N) is 1. The van der Waals surface area contributed by atoms with E-state index in [4.69, 9.17) is 22.1 Å². The zero-order valence-electron chi connectivity index (χ0n) is 10.1. The summed E-state index contributed by atoms with van der Waals surface area (Å²) in [6.07, 6.45) is 1.99. The fourth-order valence-corrected chi connectivity index (χ4v) is 2.27. The molecule has 1 saturated heterocycles. The minimum Gasteiger partial charge on any atom is -0.399 e. The van der Waals surface area contributed by atoms with Gasteiger partial charge in [-0.25, -0.2) is 0 Å². The Morgan fingerprint density at radius 2 is 2.17 bits per heavy atom. The van der Waals surface area contributed by atoms with Crippen LogP contribution in [0.1, 0.15) is 23.2 Å². The molecule has 1 aromatic carbocycles. The number of amides is 1. The molecule has 2 rings (SSSR count). The third-order valence-electron chi connectivity index (χ3n) is 3.13. The lowest BCUT2D eigenvalue weighted by molar-refractivity contribution is 0.0642. The second-order valence-corrected chi connectivity index (χ2v) is 4.91. The van der Waals surface area contributed by atoms with Crippen LogP contribution in [0.25, 0.3) is 0 Å². The molecule has 1 fully saturated rings. The summed E-state index contributed by atoms with van der Waals surface area (Å²) in [6.45, 7) is 2.23. The first kappa shape index (κ1) is 13.2. The van der Waals surface area contributed by atoms with Crippen LogP contribution in [-0.2, 0) is 4.74 Å². The van der Waals surface area contributed by atoms with E-state index >= 15 is 0 Å². The van der Waals surface area contributed by atoms with Gasteiger partial charge >= 0.3 is 0 Å². The van der Waals surface area contributed by atoms with Crippen molar-refractivity contribution < 1.29 is 9.53 Å². The van der Waals surface area contributed by atoms with Gasteiger partial charge in [-0.3, -0.25) is 4.79 Å². The van der Waals surface area contributed by atoms with Gasteiger partial charge in [0.05, 0.1) is 10.6 Å². The molecule has 0 aromatic heterocycles. The van der Waals surface area contributed by atoms with Crippen molar-refractivity contribution >= 4 is 23.2 Å². The van der Waals surface area contributed by atoms with E-state index in [9.17, 15) is 4.79 Å². The Bertz CT molecular complexity index is 431. The van der Waals surface area contributed by atoms with Crippen molar-refractivity contribution in [3.63, 3.8) is 0 Å². The molecule has 98 valence electrons. The normalized spacial score (nSPS) is 16.5. The van der Waals surface area contributed by atoms with Gasteiger partial charge < -0.3 is 15.8 Å². The van der Waals surface area contributed by atoms with Gasteiger partial charge in [0.25, 0.3) is 5.91 Å². The Labute approximate surface area is 111 Å². The Morgan fingerprint density at radius 1 is 1.44 bits per heavy atom. The quantitative estimate of drug-likeness (QED) is 0.825. The highest BCUT2D eigenvalue weighted by Gasteiger charge is 2.16. The lowest BCUT2D eigenvalue weighted by atomic mass is 10.0. The first-order valence-electron chi connectivity index (χ1n) is 6.08. The third-order valence-corrected chi connectivity index (χ3v) is 3.44. The topological polar surface area (TPSA) is 64.4 Å². The summed E-state index contributed by atoms with van der Waals surface area (Å²) in [6, 6.07) is 4.91. The summed E-state index contributed by atoms with van der Waals surface area (Å²) in [5.74, 6) is 0.349. The Hall–Kier alpha value is -1.26. The number of carbonyl (C=O) groups excluding carboxylic acids is 1. The molecule has 0 saturated carbocycles. The van der Waals surface area contributed by atoms with Crippen LogP contribution in [-0.4, -0.2) is 25.7 Å². The molecule has 0 bridgehead atoms. The second kappa shape index (κ2) is 6.07. The number of nitrogen functional groups attached to an aromatic ring is 1. The number of ether oxygens (including phenoxy) is 1. The molecule has 1 amide bonds. The summed E-state index contributed by atoms with van der Waals surface area (Å²) in [5, 5.41) is 3.30. The Kier molecular flexibility index (Phi) is 4.44. The maximum absolute atomic E-state index is 12.0. The molecule has 4 nitrogen and oxygen atoms in total. The highest BCUT2D eigenvalue weighted by molar-refractivity contribution is 6.34.